The number of hydrogen-bond acceptors (Lipinski definition) is 4. The minimum atomic E-state index is -3.81. The van der Waals surface area contributed by atoms with Crippen molar-refractivity contribution in [2.24, 2.45) is 0 Å². The lowest BCUT2D eigenvalue weighted by Gasteiger charge is -2.13. The van der Waals surface area contributed by atoms with E-state index in [1.165, 1.54) is 6.07 Å². The summed E-state index contributed by atoms with van der Waals surface area (Å²) >= 11 is 0. The van der Waals surface area contributed by atoms with Crippen LogP contribution in [0.1, 0.15) is 23.1 Å². The van der Waals surface area contributed by atoms with E-state index in [2.05, 4.69) is 15.1 Å². The first-order chi connectivity index (χ1) is 16.3. The summed E-state index contributed by atoms with van der Waals surface area (Å²) in [6, 6.07) is 21.8. The molecule has 34 heavy (non-hydrogen) atoms. The lowest BCUT2D eigenvalue weighted by atomic mass is 10.2. The van der Waals surface area contributed by atoms with Gasteiger partial charge in [0.25, 0.3) is 10.0 Å². The first kappa shape index (κ1) is 23.3. The first-order valence-corrected chi connectivity index (χ1v) is 12.4. The van der Waals surface area contributed by atoms with Crippen LogP contribution in [-0.4, -0.2) is 24.1 Å². The number of amides is 1. The largest absolute Gasteiger partial charge is 0.326 e. The van der Waals surface area contributed by atoms with E-state index in [9.17, 15) is 13.2 Å². The van der Waals surface area contributed by atoms with Gasteiger partial charge in [0.05, 0.1) is 16.8 Å². The number of aromatic nitrogens is 2. The molecule has 0 saturated carbocycles. The summed E-state index contributed by atoms with van der Waals surface area (Å²) in [6.07, 6.45) is 4.41. The van der Waals surface area contributed by atoms with Gasteiger partial charge in [-0.25, -0.2) is 13.1 Å². The lowest BCUT2D eigenvalue weighted by molar-refractivity contribution is -0.116. The van der Waals surface area contributed by atoms with Crippen LogP contribution in [0.5, 0.6) is 0 Å². The number of sulfonamides is 1. The maximum absolute atomic E-state index is 13.0. The van der Waals surface area contributed by atoms with E-state index in [1.54, 1.807) is 48.1 Å². The summed E-state index contributed by atoms with van der Waals surface area (Å²) in [5, 5.41) is 7.15. The Morgan fingerprint density at radius 3 is 2.50 bits per heavy atom. The number of carbonyl (C=O) groups excluding carboxylic acids is 1. The molecule has 7 nitrogen and oxygen atoms in total. The van der Waals surface area contributed by atoms with Crippen LogP contribution in [0.4, 0.5) is 11.4 Å². The van der Waals surface area contributed by atoms with Gasteiger partial charge in [-0.1, -0.05) is 36.4 Å². The molecule has 4 aromatic rings. The van der Waals surface area contributed by atoms with Gasteiger partial charge >= 0.3 is 0 Å². The molecule has 3 aromatic carbocycles. The van der Waals surface area contributed by atoms with E-state index in [0.717, 1.165) is 16.8 Å². The minimum Gasteiger partial charge on any atom is -0.326 e. The van der Waals surface area contributed by atoms with Gasteiger partial charge in [-0.05, 0) is 73.4 Å². The summed E-state index contributed by atoms with van der Waals surface area (Å²) in [6.45, 7) is 3.62. The molecular formula is C26H26N4O3S. The number of anilines is 2. The molecule has 0 spiro atoms. The quantitative estimate of drug-likeness (QED) is 0.381. The van der Waals surface area contributed by atoms with Crippen molar-refractivity contribution in [3.8, 4) is 5.69 Å². The number of nitrogens with one attached hydrogen (secondary N) is 2. The zero-order valence-electron chi connectivity index (χ0n) is 19.0. The monoisotopic (exact) mass is 474 g/mol. The summed E-state index contributed by atoms with van der Waals surface area (Å²) in [5.41, 5.74) is 4.35. The second kappa shape index (κ2) is 9.93. The highest BCUT2D eigenvalue weighted by Gasteiger charge is 2.18. The Morgan fingerprint density at radius 2 is 1.74 bits per heavy atom. The summed E-state index contributed by atoms with van der Waals surface area (Å²) in [7, 11) is -3.81. The number of nitrogens with zero attached hydrogens (tertiary/aromatic N) is 2. The van der Waals surface area contributed by atoms with Gasteiger partial charge in [-0.15, -0.1) is 0 Å². The summed E-state index contributed by atoms with van der Waals surface area (Å²) in [4.78, 5) is 12.7. The Bertz CT molecular complexity index is 1410. The molecular weight excluding hydrogens is 448 g/mol. The normalized spacial score (nSPS) is 11.2. The van der Waals surface area contributed by atoms with Crippen LogP contribution in [0.3, 0.4) is 0 Å². The first-order valence-electron chi connectivity index (χ1n) is 10.9. The molecule has 4 rings (SSSR count). The molecule has 1 heterocycles. The van der Waals surface area contributed by atoms with E-state index in [-0.39, 0.29) is 17.2 Å². The molecule has 0 aliphatic rings. The number of para-hydroxylation sites is 1. The Labute approximate surface area is 199 Å². The third-order valence-electron chi connectivity index (χ3n) is 5.33. The standard InChI is InChI=1S/C26H26N4O3S/c1-19-7-6-8-23(15-19)29-34(32,33)25-16-22(13-11-20(25)2)28-26(31)14-12-21-17-27-30(18-21)24-9-4-3-5-10-24/h3-11,13,15-18,29H,12,14H2,1-2H3,(H,28,31). The van der Waals surface area contributed by atoms with Crippen LogP contribution in [0, 0.1) is 13.8 Å². The molecule has 0 atom stereocenters. The molecule has 0 radical (unpaired) electrons. The highest BCUT2D eigenvalue weighted by Crippen LogP contribution is 2.23. The lowest BCUT2D eigenvalue weighted by Crippen LogP contribution is -2.16. The van der Waals surface area contributed by atoms with Crippen molar-refractivity contribution in [1.82, 2.24) is 9.78 Å². The number of hydrogen-bond donors (Lipinski definition) is 2. The van der Waals surface area contributed by atoms with E-state index in [4.69, 9.17) is 0 Å². The predicted molar refractivity (Wildman–Crippen MR) is 134 cm³/mol. The minimum absolute atomic E-state index is 0.121. The fourth-order valence-electron chi connectivity index (χ4n) is 3.58. The molecule has 0 aliphatic heterocycles. The fourth-order valence-corrected chi connectivity index (χ4v) is 4.90. The SMILES string of the molecule is Cc1cccc(NS(=O)(=O)c2cc(NC(=O)CCc3cnn(-c4ccccc4)c3)ccc2C)c1. The van der Waals surface area contributed by atoms with Crippen molar-refractivity contribution in [3.63, 3.8) is 0 Å². The Hall–Kier alpha value is -3.91. The van der Waals surface area contributed by atoms with Crippen LogP contribution < -0.4 is 10.0 Å². The maximum Gasteiger partial charge on any atom is 0.262 e. The van der Waals surface area contributed by atoms with Gasteiger partial charge in [0.15, 0.2) is 0 Å². The molecule has 8 heteroatoms. The van der Waals surface area contributed by atoms with Gasteiger partial charge in [0, 0.05) is 24.0 Å². The maximum atomic E-state index is 13.0. The third-order valence-corrected chi connectivity index (χ3v) is 6.85. The third kappa shape index (κ3) is 5.71. The molecule has 2 N–H and O–H groups in total. The van der Waals surface area contributed by atoms with Gasteiger partial charge in [0.2, 0.25) is 5.91 Å². The second-order valence-electron chi connectivity index (χ2n) is 8.13. The molecule has 0 fully saturated rings. The van der Waals surface area contributed by atoms with Gasteiger partial charge < -0.3 is 5.32 Å². The number of aryl methyl sites for hydroxylation is 3. The van der Waals surface area contributed by atoms with E-state index >= 15 is 0 Å². The van der Waals surface area contributed by atoms with Crippen molar-refractivity contribution in [2.45, 2.75) is 31.6 Å². The summed E-state index contributed by atoms with van der Waals surface area (Å²) < 4.78 is 30.3. The average molecular weight is 475 g/mol. The predicted octanol–water partition coefficient (Wildman–Crippen LogP) is 4.86. The van der Waals surface area contributed by atoms with Crippen molar-refractivity contribution in [3.05, 3.63) is 102 Å². The topological polar surface area (TPSA) is 93.1 Å². The van der Waals surface area contributed by atoms with Gasteiger partial charge in [-0.2, -0.15) is 5.10 Å². The number of carbonyl (C=O) groups is 1. The number of rotatable bonds is 8. The number of benzene rings is 3. The zero-order valence-corrected chi connectivity index (χ0v) is 19.8. The van der Waals surface area contributed by atoms with E-state index in [0.29, 0.717) is 23.4 Å². The van der Waals surface area contributed by atoms with Crippen LogP contribution in [0.2, 0.25) is 0 Å². The fraction of sp³-hybridized carbons (Fsp3) is 0.154. The molecule has 1 amide bonds. The van der Waals surface area contributed by atoms with Crippen LogP contribution >= 0.6 is 0 Å². The van der Waals surface area contributed by atoms with Crippen molar-refractivity contribution >= 4 is 27.3 Å². The molecule has 0 bridgehead atoms. The van der Waals surface area contributed by atoms with E-state index in [1.807, 2.05) is 49.5 Å². The van der Waals surface area contributed by atoms with E-state index < -0.39 is 10.0 Å². The Balaban J connectivity index is 1.41. The molecule has 0 saturated heterocycles. The Morgan fingerprint density at radius 1 is 0.941 bits per heavy atom. The van der Waals surface area contributed by atoms with Gasteiger partial charge in [0.1, 0.15) is 0 Å². The molecule has 1 aromatic heterocycles. The average Bonchev–Trinajstić information content (AvgIpc) is 3.28. The van der Waals surface area contributed by atoms with Crippen LogP contribution in [-0.2, 0) is 21.2 Å². The van der Waals surface area contributed by atoms with Crippen LogP contribution in [0.15, 0.2) is 90.1 Å². The highest BCUT2D eigenvalue weighted by atomic mass is 32.2. The molecule has 0 aliphatic carbocycles. The Kier molecular flexibility index (Phi) is 6.79. The second-order valence-corrected chi connectivity index (χ2v) is 9.78. The highest BCUT2D eigenvalue weighted by molar-refractivity contribution is 7.92. The van der Waals surface area contributed by atoms with Crippen LogP contribution in [0.25, 0.3) is 5.69 Å². The molecule has 0 unspecified atom stereocenters. The van der Waals surface area contributed by atoms with Gasteiger partial charge in [-0.3, -0.25) is 9.52 Å². The van der Waals surface area contributed by atoms with Crippen molar-refractivity contribution in [2.75, 3.05) is 10.0 Å². The van der Waals surface area contributed by atoms with Crippen molar-refractivity contribution < 1.29 is 13.2 Å². The van der Waals surface area contributed by atoms with Crippen molar-refractivity contribution in [1.29, 1.82) is 0 Å². The smallest absolute Gasteiger partial charge is 0.262 e. The summed E-state index contributed by atoms with van der Waals surface area (Å²) in [5.74, 6) is -0.202. The molecule has 174 valence electrons. The zero-order chi connectivity index (χ0) is 24.1.